The Morgan fingerprint density at radius 3 is 2.71 bits per heavy atom. The van der Waals surface area contributed by atoms with Gasteiger partial charge in [0.1, 0.15) is 0 Å². The summed E-state index contributed by atoms with van der Waals surface area (Å²) in [6.45, 7) is 6.92. The zero-order valence-electron chi connectivity index (χ0n) is 12.0. The van der Waals surface area contributed by atoms with Crippen molar-refractivity contribution in [3.63, 3.8) is 0 Å². The number of amides is 1. The van der Waals surface area contributed by atoms with E-state index in [4.69, 9.17) is 10.5 Å². The summed E-state index contributed by atoms with van der Waals surface area (Å²) >= 11 is 0. The van der Waals surface area contributed by atoms with Crippen molar-refractivity contribution >= 4 is 36.4 Å². The van der Waals surface area contributed by atoms with Crippen LogP contribution >= 0.6 is 24.8 Å². The minimum absolute atomic E-state index is 0. The third kappa shape index (κ3) is 6.62. The first-order valence-corrected chi connectivity index (χ1v) is 6.54. The molecule has 1 atom stereocenters. The van der Waals surface area contributed by atoms with E-state index in [1.54, 1.807) is 13.1 Å². The van der Waals surface area contributed by atoms with Crippen molar-refractivity contribution in [2.24, 2.45) is 5.73 Å². The highest BCUT2D eigenvalue weighted by Crippen LogP contribution is 2.05. The molecule has 0 aromatic carbocycles. The van der Waals surface area contributed by atoms with Gasteiger partial charge in [-0.25, -0.2) is 0 Å². The molecular weight excluding hydrogens is 317 g/mol. The average molecular weight is 340 g/mol. The van der Waals surface area contributed by atoms with Gasteiger partial charge in [0, 0.05) is 25.8 Å². The molecule has 0 aliphatic carbocycles. The molecule has 2 rings (SSSR count). The summed E-state index contributed by atoms with van der Waals surface area (Å²) < 4.78 is 7.12. The lowest BCUT2D eigenvalue weighted by Gasteiger charge is -2.26. The molecule has 1 aromatic rings. The molecule has 1 aromatic heterocycles. The van der Waals surface area contributed by atoms with E-state index < -0.39 is 6.04 Å². The molecule has 1 aliphatic rings. The fraction of sp³-hybridized carbons (Fsp3) is 0.667. The molecule has 1 amide bonds. The third-order valence-electron chi connectivity index (χ3n) is 3.06. The van der Waals surface area contributed by atoms with Gasteiger partial charge in [-0.1, -0.05) is 0 Å². The molecule has 7 nitrogen and oxygen atoms in total. The van der Waals surface area contributed by atoms with Crippen molar-refractivity contribution in [1.29, 1.82) is 0 Å². The first kappa shape index (κ1) is 20.1. The zero-order valence-corrected chi connectivity index (χ0v) is 13.7. The number of carbonyl (C=O) groups excluding carboxylic acids is 1. The van der Waals surface area contributed by atoms with Crippen LogP contribution in [-0.2, 0) is 16.1 Å². The fourth-order valence-corrected chi connectivity index (χ4v) is 1.88. The Morgan fingerprint density at radius 1 is 1.43 bits per heavy atom. The summed E-state index contributed by atoms with van der Waals surface area (Å²) in [6.07, 6.45) is 3.46. The molecular formula is C12H23Cl2N5O2. The van der Waals surface area contributed by atoms with Crippen molar-refractivity contribution < 1.29 is 9.53 Å². The van der Waals surface area contributed by atoms with E-state index in [0.29, 0.717) is 5.69 Å². The summed E-state index contributed by atoms with van der Waals surface area (Å²) in [6, 6.07) is -0.517. The second-order valence-electron chi connectivity index (χ2n) is 4.72. The van der Waals surface area contributed by atoms with Gasteiger partial charge in [-0.3, -0.25) is 14.4 Å². The smallest absolute Gasteiger partial charge is 0.241 e. The predicted molar refractivity (Wildman–Crippen MR) is 86.3 cm³/mol. The lowest BCUT2D eigenvalue weighted by Crippen LogP contribution is -2.38. The molecule has 9 heteroatoms. The van der Waals surface area contributed by atoms with Crippen LogP contribution in [0.2, 0.25) is 0 Å². The number of ether oxygens (including phenoxy) is 1. The highest BCUT2D eigenvalue weighted by Gasteiger charge is 2.11. The van der Waals surface area contributed by atoms with E-state index in [2.05, 4.69) is 15.3 Å². The molecule has 1 saturated heterocycles. The Bertz CT molecular complexity index is 422. The number of nitrogens with two attached hydrogens (primary N) is 1. The maximum atomic E-state index is 11.4. The van der Waals surface area contributed by atoms with Crippen LogP contribution in [0.3, 0.4) is 0 Å². The quantitative estimate of drug-likeness (QED) is 0.808. The van der Waals surface area contributed by atoms with Crippen molar-refractivity contribution in [1.82, 2.24) is 14.7 Å². The second-order valence-corrected chi connectivity index (χ2v) is 4.72. The second kappa shape index (κ2) is 9.97. The minimum Gasteiger partial charge on any atom is -0.379 e. The molecule has 0 bridgehead atoms. The Labute approximate surface area is 137 Å². The number of anilines is 1. The molecule has 0 spiro atoms. The van der Waals surface area contributed by atoms with Gasteiger partial charge in [0.2, 0.25) is 5.91 Å². The lowest BCUT2D eigenvalue weighted by molar-refractivity contribution is -0.117. The van der Waals surface area contributed by atoms with Crippen LogP contribution in [0.15, 0.2) is 12.4 Å². The van der Waals surface area contributed by atoms with Crippen LogP contribution in [0, 0.1) is 0 Å². The summed E-state index contributed by atoms with van der Waals surface area (Å²) in [5.41, 5.74) is 6.17. The molecule has 21 heavy (non-hydrogen) atoms. The Hall–Kier alpha value is -0.860. The SMILES string of the molecule is C[C@@H](N)C(=O)Nc1cnn(CCN2CCOCC2)c1.Cl.Cl. The van der Waals surface area contributed by atoms with E-state index in [-0.39, 0.29) is 30.7 Å². The van der Waals surface area contributed by atoms with Crippen LogP contribution in [0.1, 0.15) is 6.92 Å². The normalized spacial score (nSPS) is 16.5. The van der Waals surface area contributed by atoms with Crippen LogP contribution in [0.25, 0.3) is 0 Å². The molecule has 2 heterocycles. The van der Waals surface area contributed by atoms with E-state index in [1.807, 2.05) is 10.9 Å². The topological polar surface area (TPSA) is 85.4 Å². The maximum Gasteiger partial charge on any atom is 0.241 e. The Balaban J connectivity index is 0.00000200. The number of carbonyl (C=O) groups is 1. The summed E-state index contributed by atoms with van der Waals surface area (Å²) in [7, 11) is 0. The van der Waals surface area contributed by atoms with Crippen LogP contribution in [0.5, 0.6) is 0 Å². The first-order valence-electron chi connectivity index (χ1n) is 6.54. The largest absolute Gasteiger partial charge is 0.379 e. The number of hydrogen-bond acceptors (Lipinski definition) is 5. The van der Waals surface area contributed by atoms with Gasteiger partial charge in [-0.2, -0.15) is 5.10 Å². The number of halogens is 2. The van der Waals surface area contributed by atoms with Crippen molar-refractivity contribution in [3.05, 3.63) is 12.4 Å². The van der Waals surface area contributed by atoms with Gasteiger partial charge in [0.25, 0.3) is 0 Å². The summed E-state index contributed by atoms with van der Waals surface area (Å²) in [4.78, 5) is 13.8. The number of morpholine rings is 1. The van der Waals surface area contributed by atoms with Gasteiger partial charge in [0.15, 0.2) is 0 Å². The summed E-state index contributed by atoms with van der Waals surface area (Å²) in [5, 5.41) is 6.94. The van der Waals surface area contributed by atoms with Crippen molar-refractivity contribution in [2.45, 2.75) is 19.5 Å². The number of aromatic nitrogens is 2. The predicted octanol–water partition coefficient (Wildman–Crippen LogP) is 0.345. The molecule has 0 radical (unpaired) electrons. The van der Waals surface area contributed by atoms with Crippen molar-refractivity contribution in [3.8, 4) is 0 Å². The van der Waals surface area contributed by atoms with E-state index >= 15 is 0 Å². The minimum atomic E-state index is -0.517. The highest BCUT2D eigenvalue weighted by molar-refractivity contribution is 5.94. The molecule has 1 fully saturated rings. The van der Waals surface area contributed by atoms with Crippen LogP contribution < -0.4 is 11.1 Å². The zero-order chi connectivity index (χ0) is 13.7. The third-order valence-corrected chi connectivity index (χ3v) is 3.06. The fourth-order valence-electron chi connectivity index (χ4n) is 1.88. The molecule has 3 N–H and O–H groups in total. The Kier molecular flexibility index (Phi) is 9.56. The highest BCUT2D eigenvalue weighted by atomic mass is 35.5. The van der Waals surface area contributed by atoms with E-state index in [9.17, 15) is 4.79 Å². The lowest BCUT2D eigenvalue weighted by atomic mass is 10.3. The monoisotopic (exact) mass is 339 g/mol. The van der Waals surface area contributed by atoms with Gasteiger partial charge < -0.3 is 15.8 Å². The maximum absolute atomic E-state index is 11.4. The van der Waals surface area contributed by atoms with E-state index in [1.165, 1.54) is 0 Å². The number of nitrogens with one attached hydrogen (secondary N) is 1. The standard InChI is InChI=1S/C12H21N5O2.2ClH/c1-10(13)12(18)15-11-8-14-17(9-11)3-2-16-4-6-19-7-5-16;;/h8-10H,2-7,13H2,1H3,(H,15,18);2*1H/t10-;;/m1../s1. The Morgan fingerprint density at radius 2 is 2.10 bits per heavy atom. The van der Waals surface area contributed by atoms with Gasteiger partial charge in [0.05, 0.1) is 37.7 Å². The van der Waals surface area contributed by atoms with E-state index in [0.717, 1.165) is 39.4 Å². The number of nitrogens with zero attached hydrogens (tertiary/aromatic N) is 3. The van der Waals surface area contributed by atoms with Gasteiger partial charge in [-0.15, -0.1) is 24.8 Å². The summed E-state index contributed by atoms with van der Waals surface area (Å²) in [5.74, 6) is -0.201. The number of rotatable bonds is 5. The van der Waals surface area contributed by atoms with Crippen LogP contribution in [-0.4, -0.2) is 59.5 Å². The molecule has 122 valence electrons. The molecule has 0 unspecified atom stereocenters. The van der Waals surface area contributed by atoms with Gasteiger partial charge in [-0.05, 0) is 6.92 Å². The number of hydrogen-bond donors (Lipinski definition) is 2. The molecule has 1 aliphatic heterocycles. The average Bonchev–Trinajstić information content (AvgIpc) is 2.85. The van der Waals surface area contributed by atoms with Crippen LogP contribution in [0.4, 0.5) is 5.69 Å². The molecule has 0 saturated carbocycles. The first-order chi connectivity index (χ1) is 9.15. The van der Waals surface area contributed by atoms with Gasteiger partial charge >= 0.3 is 0 Å². The van der Waals surface area contributed by atoms with Crippen molar-refractivity contribution in [2.75, 3.05) is 38.2 Å².